The van der Waals surface area contributed by atoms with Crippen LogP contribution in [-0.2, 0) is 30.7 Å². The Morgan fingerprint density at radius 3 is 2.87 bits per heavy atom. The summed E-state index contributed by atoms with van der Waals surface area (Å²) in [5, 5.41) is 11.2. The van der Waals surface area contributed by atoms with Gasteiger partial charge in [-0.2, -0.15) is 0 Å². The first-order chi connectivity index (χ1) is 15.0. The minimum absolute atomic E-state index is 0.118. The number of nitrogens with zero attached hydrogens (tertiary/aromatic N) is 5. The Kier molecular flexibility index (Phi) is 6.36. The highest BCUT2D eigenvalue weighted by Gasteiger charge is 2.22. The van der Waals surface area contributed by atoms with Crippen molar-refractivity contribution >= 4 is 23.2 Å². The topological polar surface area (TPSA) is 93.0 Å². The Morgan fingerprint density at radius 1 is 1.23 bits per heavy atom. The van der Waals surface area contributed by atoms with Crippen LogP contribution >= 0.6 is 11.3 Å². The van der Waals surface area contributed by atoms with Crippen LogP contribution in [0.5, 0.6) is 0 Å². The van der Waals surface area contributed by atoms with Crippen LogP contribution in [0.25, 0.3) is 0 Å². The summed E-state index contributed by atoms with van der Waals surface area (Å²) >= 11 is 1.58. The third kappa shape index (κ3) is 4.96. The highest BCUT2D eigenvalue weighted by Crippen LogP contribution is 2.16. The van der Waals surface area contributed by atoms with Gasteiger partial charge in [0.05, 0.1) is 17.7 Å². The van der Waals surface area contributed by atoms with E-state index in [9.17, 15) is 14.0 Å². The van der Waals surface area contributed by atoms with E-state index < -0.39 is 5.82 Å². The molecule has 0 spiro atoms. The molecule has 0 fully saturated rings. The minimum Gasteiger partial charge on any atom is -0.345 e. The number of rotatable bonds is 6. The number of halogens is 1. The van der Waals surface area contributed by atoms with Gasteiger partial charge in [0.25, 0.3) is 5.91 Å². The number of hydrogen-bond donors (Lipinski definition) is 1. The summed E-state index contributed by atoms with van der Waals surface area (Å²) in [4.78, 5) is 32.2. The molecule has 2 amide bonds. The second kappa shape index (κ2) is 9.34. The Balaban J connectivity index is 1.33. The van der Waals surface area contributed by atoms with Crippen LogP contribution in [0, 0.1) is 12.7 Å². The molecule has 1 aliphatic rings. The van der Waals surface area contributed by atoms with Crippen molar-refractivity contribution in [2.45, 2.75) is 39.3 Å². The first-order valence-corrected chi connectivity index (χ1v) is 11.0. The first-order valence-electron chi connectivity index (χ1n) is 10.1. The van der Waals surface area contributed by atoms with Crippen molar-refractivity contribution in [3.8, 4) is 0 Å². The van der Waals surface area contributed by atoms with E-state index in [2.05, 4.69) is 20.5 Å². The van der Waals surface area contributed by atoms with E-state index in [0.29, 0.717) is 44.7 Å². The molecule has 3 heterocycles. The van der Waals surface area contributed by atoms with Crippen molar-refractivity contribution in [1.82, 2.24) is 30.0 Å². The van der Waals surface area contributed by atoms with Gasteiger partial charge < -0.3 is 14.8 Å². The molecule has 3 aromatic rings. The maximum Gasteiger partial charge on any atom is 0.251 e. The van der Waals surface area contributed by atoms with E-state index in [1.807, 2.05) is 21.9 Å². The third-order valence-corrected chi connectivity index (χ3v) is 6.36. The molecule has 0 atom stereocenters. The van der Waals surface area contributed by atoms with Crippen molar-refractivity contribution in [3.05, 3.63) is 63.4 Å². The third-order valence-electron chi connectivity index (χ3n) is 5.36. The molecule has 31 heavy (non-hydrogen) atoms. The van der Waals surface area contributed by atoms with Gasteiger partial charge >= 0.3 is 0 Å². The highest BCUT2D eigenvalue weighted by atomic mass is 32.1. The fraction of sp³-hybridized carbons (Fsp3) is 0.381. The van der Waals surface area contributed by atoms with Gasteiger partial charge in [-0.25, -0.2) is 9.37 Å². The van der Waals surface area contributed by atoms with Gasteiger partial charge in [0.1, 0.15) is 11.6 Å². The van der Waals surface area contributed by atoms with Gasteiger partial charge in [-0.1, -0.05) is 6.07 Å². The molecule has 0 aliphatic carbocycles. The van der Waals surface area contributed by atoms with Crippen LogP contribution in [0.2, 0.25) is 0 Å². The Morgan fingerprint density at radius 2 is 2.10 bits per heavy atom. The lowest BCUT2D eigenvalue weighted by Gasteiger charge is -2.20. The SMILES string of the molecule is Cc1ncsc1CCC(=O)N1CCc2nnc(CNC(=O)c3cccc(F)c3)n2CC1. The summed E-state index contributed by atoms with van der Waals surface area (Å²) in [6.07, 6.45) is 1.77. The maximum absolute atomic E-state index is 13.3. The molecule has 8 nitrogen and oxygen atoms in total. The molecule has 1 aromatic carbocycles. The van der Waals surface area contributed by atoms with E-state index in [1.165, 1.54) is 18.2 Å². The van der Waals surface area contributed by atoms with E-state index in [0.717, 1.165) is 16.4 Å². The van der Waals surface area contributed by atoms with Gasteiger partial charge in [0.15, 0.2) is 5.82 Å². The van der Waals surface area contributed by atoms with Crippen molar-refractivity contribution in [1.29, 1.82) is 0 Å². The molecule has 4 rings (SSSR count). The molecular weight excluding hydrogens is 419 g/mol. The van der Waals surface area contributed by atoms with Crippen LogP contribution in [0.4, 0.5) is 4.39 Å². The molecule has 1 N–H and O–H groups in total. The van der Waals surface area contributed by atoms with E-state index in [1.54, 1.807) is 17.4 Å². The number of carbonyl (C=O) groups excluding carboxylic acids is 2. The molecule has 0 saturated carbocycles. The summed E-state index contributed by atoms with van der Waals surface area (Å²) in [6.45, 7) is 3.87. The number of hydrogen-bond acceptors (Lipinski definition) is 6. The van der Waals surface area contributed by atoms with Crippen molar-refractivity contribution < 1.29 is 14.0 Å². The summed E-state index contributed by atoms with van der Waals surface area (Å²) in [7, 11) is 0. The van der Waals surface area contributed by atoms with Crippen LogP contribution in [-0.4, -0.2) is 49.6 Å². The number of fused-ring (bicyclic) bond motifs is 1. The first kappa shape index (κ1) is 21.1. The highest BCUT2D eigenvalue weighted by molar-refractivity contribution is 7.09. The van der Waals surface area contributed by atoms with Gasteiger partial charge in [-0.15, -0.1) is 21.5 Å². The normalized spacial score (nSPS) is 13.5. The molecule has 2 aromatic heterocycles. The number of aromatic nitrogens is 4. The lowest BCUT2D eigenvalue weighted by molar-refractivity contribution is -0.131. The molecule has 0 unspecified atom stereocenters. The zero-order valence-electron chi connectivity index (χ0n) is 17.2. The largest absolute Gasteiger partial charge is 0.345 e. The van der Waals surface area contributed by atoms with Crippen molar-refractivity contribution in [2.75, 3.05) is 13.1 Å². The predicted octanol–water partition coefficient (Wildman–Crippen LogP) is 2.13. The fourth-order valence-electron chi connectivity index (χ4n) is 3.60. The number of benzene rings is 1. The summed E-state index contributed by atoms with van der Waals surface area (Å²) in [6, 6.07) is 5.53. The Labute approximate surface area is 183 Å². The van der Waals surface area contributed by atoms with Crippen LogP contribution in [0.15, 0.2) is 29.8 Å². The second-order valence-electron chi connectivity index (χ2n) is 7.37. The van der Waals surface area contributed by atoms with Crippen molar-refractivity contribution in [3.63, 3.8) is 0 Å². The number of amides is 2. The van der Waals surface area contributed by atoms with Crippen LogP contribution in [0.1, 0.15) is 39.0 Å². The standard InChI is InChI=1S/C21H23FN6O2S/c1-14-17(31-13-24-14)5-6-20(29)27-8-7-18-25-26-19(28(18)10-9-27)12-23-21(30)15-3-2-4-16(22)11-15/h2-4,11,13H,5-10,12H2,1H3,(H,23,30). The number of nitrogens with one attached hydrogen (secondary N) is 1. The number of carbonyl (C=O) groups is 2. The fourth-order valence-corrected chi connectivity index (χ4v) is 4.38. The number of thiazole rings is 1. The average molecular weight is 443 g/mol. The minimum atomic E-state index is -0.459. The zero-order valence-corrected chi connectivity index (χ0v) is 18.0. The lowest BCUT2D eigenvalue weighted by Crippen LogP contribution is -2.34. The van der Waals surface area contributed by atoms with E-state index in [4.69, 9.17) is 0 Å². The lowest BCUT2D eigenvalue weighted by atomic mass is 10.2. The molecule has 10 heteroatoms. The zero-order chi connectivity index (χ0) is 21.8. The Hall–Kier alpha value is -3.14. The second-order valence-corrected chi connectivity index (χ2v) is 8.31. The van der Waals surface area contributed by atoms with E-state index in [-0.39, 0.29) is 23.9 Å². The molecule has 0 saturated heterocycles. The summed E-state index contributed by atoms with van der Waals surface area (Å²) in [5.41, 5.74) is 3.05. The summed E-state index contributed by atoms with van der Waals surface area (Å²) in [5.74, 6) is 0.699. The average Bonchev–Trinajstić information content (AvgIpc) is 3.29. The van der Waals surface area contributed by atoms with Crippen LogP contribution in [0.3, 0.4) is 0 Å². The molecule has 0 bridgehead atoms. The maximum atomic E-state index is 13.3. The van der Waals surface area contributed by atoms with E-state index >= 15 is 0 Å². The smallest absolute Gasteiger partial charge is 0.251 e. The predicted molar refractivity (Wildman–Crippen MR) is 113 cm³/mol. The van der Waals surface area contributed by atoms with Crippen molar-refractivity contribution in [2.24, 2.45) is 0 Å². The summed E-state index contributed by atoms with van der Waals surface area (Å²) < 4.78 is 15.3. The van der Waals surface area contributed by atoms with Gasteiger partial charge in [0.2, 0.25) is 5.91 Å². The molecular formula is C21H23FN6O2S. The van der Waals surface area contributed by atoms with Gasteiger partial charge in [0, 0.05) is 42.9 Å². The van der Waals surface area contributed by atoms with Crippen LogP contribution < -0.4 is 5.32 Å². The number of aryl methyl sites for hydroxylation is 2. The molecule has 1 aliphatic heterocycles. The quantitative estimate of drug-likeness (QED) is 0.631. The molecule has 0 radical (unpaired) electrons. The monoisotopic (exact) mass is 442 g/mol. The van der Waals surface area contributed by atoms with Gasteiger partial charge in [-0.3, -0.25) is 9.59 Å². The Bertz CT molecular complexity index is 1100. The molecule has 162 valence electrons. The van der Waals surface area contributed by atoms with Gasteiger partial charge in [-0.05, 0) is 31.5 Å².